The van der Waals surface area contributed by atoms with Crippen molar-refractivity contribution >= 4 is 40.1 Å². The number of anilines is 1. The third kappa shape index (κ3) is 3.98. The number of nitrogens with one attached hydrogen (secondary N) is 1. The van der Waals surface area contributed by atoms with Gasteiger partial charge < -0.3 is 11.1 Å². The van der Waals surface area contributed by atoms with Crippen molar-refractivity contribution in [3.8, 4) is 6.07 Å². The Labute approximate surface area is 160 Å². The number of aromatic nitrogens is 1. The molecule has 2 aromatic rings. The standard InChI is InChI=1S/C18H16ClN5OS/c1-18(4-5-26-17(21)24-18)12-6-11(9-20)7-14(8-12)23-16(25)15-3-2-13(19)10-22-15/h2-3,6-8,10H,4-5H2,1H3,(H2,21,24)(H,23,25). The van der Waals surface area contributed by atoms with Gasteiger partial charge in [-0.1, -0.05) is 23.4 Å². The number of benzene rings is 1. The molecule has 1 atom stereocenters. The highest BCUT2D eigenvalue weighted by atomic mass is 35.5. The summed E-state index contributed by atoms with van der Waals surface area (Å²) in [5, 5.41) is 13.1. The van der Waals surface area contributed by atoms with Crippen molar-refractivity contribution in [2.45, 2.75) is 18.9 Å². The van der Waals surface area contributed by atoms with Gasteiger partial charge in [0.1, 0.15) is 5.69 Å². The molecule has 1 aromatic heterocycles. The summed E-state index contributed by atoms with van der Waals surface area (Å²) < 4.78 is 0. The molecule has 0 radical (unpaired) electrons. The molecular formula is C18H16ClN5OS. The Balaban J connectivity index is 1.93. The molecule has 1 unspecified atom stereocenters. The van der Waals surface area contributed by atoms with E-state index in [-0.39, 0.29) is 11.6 Å². The molecule has 0 fully saturated rings. The van der Waals surface area contributed by atoms with Gasteiger partial charge in [0, 0.05) is 17.6 Å². The van der Waals surface area contributed by atoms with E-state index in [9.17, 15) is 10.1 Å². The van der Waals surface area contributed by atoms with Gasteiger partial charge in [0.25, 0.3) is 5.91 Å². The molecule has 0 bridgehead atoms. The van der Waals surface area contributed by atoms with Crippen LogP contribution in [0.1, 0.15) is 35.0 Å². The zero-order valence-corrected chi connectivity index (χ0v) is 15.6. The lowest BCUT2D eigenvalue weighted by molar-refractivity contribution is 0.102. The first-order valence-electron chi connectivity index (χ1n) is 7.86. The molecule has 0 aliphatic carbocycles. The summed E-state index contributed by atoms with van der Waals surface area (Å²) in [6.07, 6.45) is 2.20. The minimum atomic E-state index is -0.528. The lowest BCUT2D eigenvalue weighted by Crippen LogP contribution is -2.29. The fraction of sp³-hybridized carbons (Fsp3) is 0.222. The van der Waals surface area contributed by atoms with Crippen LogP contribution in [0.2, 0.25) is 5.02 Å². The van der Waals surface area contributed by atoms with Gasteiger partial charge in [-0.25, -0.2) is 4.98 Å². The van der Waals surface area contributed by atoms with E-state index in [4.69, 9.17) is 17.3 Å². The number of pyridine rings is 1. The Morgan fingerprint density at radius 1 is 1.42 bits per heavy atom. The van der Waals surface area contributed by atoms with Crippen molar-refractivity contribution in [2.75, 3.05) is 11.1 Å². The highest BCUT2D eigenvalue weighted by Gasteiger charge is 2.30. The molecule has 0 saturated heterocycles. The van der Waals surface area contributed by atoms with E-state index in [1.807, 2.05) is 13.0 Å². The molecule has 26 heavy (non-hydrogen) atoms. The van der Waals surface area contributed by atoms with Gasteiger partial charge in [-0.3, -0.25) is 9.79 Å². The summed E-state index contributed by atoms with van der Waals surface area (Å²) >= 11 is 7.31. The van der Waals surface area contributed by atoms with Gasteiger partial charge in [0.05, 0.1) is 22.2 Å². The van der Waals surface area contributed by atoms with Gasteiger partial charge in [-0.05, 0) is 49.2 Å². The lowest BCUT2D eigenvalue weighted by Gasteiger charge is -2.30. The van der Waals surface area contributed by atoms with E-state index in [0.717, 1.165) is 17.7 Å². The van der Waals surface area contributed by atoms with Crippen LogP contribution in [0.5, 0.6) is 0 Å². The molecule has 1 aromatic carbocycles. The van der Waals surface area contributed by atoms with Crippen LogP contribution in [0.4, 0.5) is 5.69 Å². The Morgan fingerprint density at radius 2 is 2.23 bits per heavy atom. The van der Waals surface area contributed by atoms with Crippen molar-refractivity contribution in [2.24, 2.45) is 10.7 Å². The molecule has 2 heterocycles. The van der Waals surface area contributed by atoms with Crippen LogP contribution in [0.25, 0.3) is 0 Å². The number of aliphatic imine (C=N–C) groups is 1. The van der Waals surface area contributed by atoms with E-state index >= 15 is 0 Å². The van der Waals surface area contributed by atoms with Crippen LogP contribution < -0.4 is 11.1 Å². The van der Waals surface area contributed by atoms with E-state index < -0.39 is 5.54 Å². The number of nitrogens with two attached hydrogens (primary N) is 1. The normalized spacial score (nSPS) is 19.3. The predicted molar refractivity (Wildman–Crippen MR) is 104 cm³/mol. The number of hydrogen-bond donors (Lipinski definition) is 2. The minimum absolute atomic E-state index is 0.237. The van der Waals surface area contributed by atoms with Crippen LogP contribution >= 0.6 is 23.4 Å². The van der Waals surface area contributed by atoms with E-state index in [1.54, 1.807) is 18.2 Å². The number of nitrogens with zero attached hydrogens (tertiary/aromatic N) is 3. The third-order valence-corrected chi connectivity index (χ3v) is 5.12. The molecule has 3 N–H and O–H groups in total. The second-order valence-corrected chi connectivity index (χ2v) is 7.60. The topological polar surface area (TPSA) is 104 Å². The van der Waals surface area contributed by atoms with Crippen molar-refractivity contribution in [3.05, 3.63) is 58.4 Å². The Kier molecular flexibility index (Phi) is 5.16. The van der Waals surface area contributed by atoms with Gasteiger partial charge in [-0.2, -0.15) is 5.26 Å². The molecular weight excluding hydrogens is 370 g/mol. The largest absolute Gasteiger partial charge is 0.379 e. The third-order valence-electron chi connectivity index (χ3n) is 4.10. The number of halogens is 1. The maximum absolute atomic E-state index is 12.4. The van der Waals surface area contributed by atoms with Crippen molar-refractivity contribution < 1.29 is 4.79 Å². The molecule has 6 nitrogen and oxygen atoms in total. The van der Waals surface area contributed by atoms with Crippen LogP contribution in [0, 0.1) is 11.3 Å². The first-order valence-corrected chi connectivity index (χ1v) is 9.23. The maximum atomic E-state index is 12.4. The Hall–Kier alpha value is -2.56. The summed E-state index contributed by atoms with van der Waals surface area (Å²) in [6, 6.07) is 10.5. The van der Waals surface area contributed by atoms with Gasteiger partial charge in [-0.15, -0.1) is 0 Å². The summed E-state index contributed by atoms with van der Waals surface area (Å²) in [7, 11) is 0. The quantitative estimate of drug-likeness (QED) is 0.840. The summed E-state index contributed by atoms with van der Waals surface area (Å²) in [6.45, 7) is 1.97. The maximum Gasteiger partial charge on any atom is 0.274 e. The fourth-order valence-electron chi connectivity index (χ4n) is 2.68. The fourth-order valence-corrected chi connectivity index (χ4v) is 3.76. The monoisotopic (exact) mass is 385 g/mol. The second-order valence-electron chi connectivity index (χ2n) is 6.05. The minimum Gasteiger partial charge on any atom is -0.379 e. The van der Waals surface area contributed by atoms with Crippen molar-refractivity contribution in [1.82, 2.24) is 4.98 Å². The number of amides is 1. The van der Waals surface area contributed by atoms with Crippen molar-refractivity contribution in [1.29, 1.82) is 5.26 Å². The lowest BCUT2D eigenvalue weighted by atomic mass is 9.88. The van der Waals surface area contributed by atoms with Crippen LogP contribution in [0.15, 0.2) is 41.5 Å². The van der Waals surface area contributed by atoms with Crippen molar-refractivity contribution in [3.63, 3.8) is 0 Å². The average molecular weight is 386 g/mol. The van der Waals surface area contributed by atoms with E-state index in [0.29, 0.717) is 21.4 Å². The molecule has 1 amide bonds. The molecule has 0 saturated carbocycles. The Bertz CT molecular complexity index is 922. The van der Waals surface area contributed by atoms with Crippen LogP contribution in [-0.2, 0) is 5.54 Å². The SMILES string of the molecule is CC1(c2cc(C#N)cc(NC(=O)c3ccc(Cl)cn3)c2)CCSC(N)=N1. The summed E-state index contributed by atoms with van der Waals surface area (Å²) in [5.41, 5.74) is 7.37. The second kappa shape index (κ2) is 7.36. The van der Waals surface area contributed by atoms with Crippen LogP contribution in [-0.4, -0.2) is 21.8 Å². The number of carbonyl (C=O) groups is 1. The molecule has 1 aliphatic rings. The molecule has 132 valence electrons. The average Bonchev–Trinajstić information content (AvgIpc) is 2.61. The molecule has 0 spiro atoms. The number of hydrogen-bond acceptors (Lipinski definition) is 6. The van der Waals surface area contributed by atoms with E-state index in [2.05, 4.69) is 21.4 Å². The zero-order valence-electron chi connectivity index (χ0n) is 14.0. The number of carbonyl (C=O) groups excluding carboxylic acids is 1. The number of thioether (sulfide) groups is 1. The summed E-state index contributed by atoms with van der Waals surface area (Å²) in [5.74, 6) is 0.467. The van der Waals surface area contributed by atoms with Gasteiger partial charge in [0.2, 0.25) is 0 Å². The first kappa shape index (κ1) is 18.2. The summed E-state index contributed by atoms with van der Waals surface area (Å²) in [4.78, 5) is 21.0. The van der Waals surface area contributed by atoms with Gasteiger partial charge in [0.15, 0.2) is 5.17 Å². The van der Waals surface area contributed by atoms with Crippen LogP contribution in [0.3, 0.4) is 0 Å². The van der Waals surface area contributed by atoms with Gasteiger partial charge >= 0.3 is 0 Å². The molecule has 1 aliphatic heterocycles. The number of amidine groups is 1. The first-order chi connectivity index (χ1) is 12.4. The Morgan fingerprint density at radius 3 is 2.88 bits per heavy atom. The predicted octanol–water partition coefficient (Wildman–Crippen LogP) is 3.53. The molecule has 8 heteroatoms. The van der Waals surface area contributed by atoms with E-state index in [1.165, 1.54) is 24.0 Å². The smallest absolute Gasteiger partial charge is 0.274 e. The number of nitriles is 1. The zero-order chi connectivity index (χ0) is 18.7. The molecule has 3 rings (SSSR count). The highest BCUT2D eigenvalue weighted by molar-refractivity contribution is 8.13. The highest BCUT2D eigenvalue weighted by Crippen LogP contribution is 2.36. The number of rotatable bonds is 3.